The number of nitrogens with zero attached hydrogens (tertiary/aromatic N) is 3. The van der Waals surface area contributed by atoms with Gasteiger partial charge in [-0.05, 0) is 69.5 Å². The first-order chi connectivity index (χ1) is 16.8. The van der Waals surface area contributed by atoms with Crippen LogP contribution < -0.4 is 5.32 Å². The number of urea groups is 1. The lowest BCUT2D eigenvalue weighted by Crippen LogP contribution is -2.57. The van der Waals surface area contributed by atoms with E-state index < -0.39 is 5.54 Å². The molecular formula is C27H33ClN4O3. The van der Waals surface area contributed by atoms with Crippen molar-refractivity contribution in [2.24, 2.45) is 5.92 Å². The Morgan fingerprint density at radius 2 is 1.80 bits per heavy atom. The van der Waals surface area contributed by atoms with Crippen molar-refractivity contribution in [1.29, 1.82) is 0 Å². The molecule has 1 unspecified atom stereocenters. The first-order valence-corrected chi connectivity index (χ1v) is 12.6. The SMILES string of the molecule is CN(C)CCN1C(=O)NC(CCc2ccccc2)(C2CCN(C(=O)c3cccc(Cl)c3)CC2)C1=O. The summed E-state index contributed by atoms with van der Waals surface area (Å²) in [7, 11) is 3.85. The highest BCUT2D eigenvalue weighted by Gasteiger charge is 2.55. The molecule has 4 rings (SSSR count). The number of imide groups is 1. The molecule has 1 atom stereocenters. The third-order valence-electron chi connectivity index (χ3n) is 7.17. The quantitative estimate of drug-likeness (QED) is 0.566. The van der Waals surface area contributed by atoms with Gasteiger partial charge in [-0.1, -0.05) is 48.0 Å². The number of hydrogen-bond donors (Lipinski definition) is 1. The number of halogens is 1. The summed E-state index contributed by atoms with van der Waals surface area (Å²) < 4.78 is 0. The van der Waals surface area contributed by atoms with Crippen molar-refractivity contribution in [3.8, 4) is 0 Å². The number of nitrogens with one attached hydrogen (secondary N) is 1. The molecule has 2 saturated heterocycles. The van der Waals surface area contributed by atoms with Crippen LogP contribution in [-0.4, -0.2) is 78.4 Å². The third kappa shape index (κ3) is 5.52. The standard InChI is InChI=1S/C27H33ClN4O3/c1-30(2)17-18-32-25(34)27(29-26(32)35,14-11-20-7-4-3-5-8-20)22-12-15-31(16-13-22)24(33)21-9-6-10-23(28)19-21/h3-10,19,22H,11-18H2,1-2H3,(H,29,35). The van der Waals surface area contributed by atoms with Crippen LogP contribution in [0.3, 0.4) is 0 Å². The van der Waals surface area contributed by atoms with Crippen LogP contribution in [0.1, 0.15) is 35.2 Å². The van der Waals surface area contributed by atoms with E-state index in [1.165, 1.54) is 4.90 Å². The van der Waals surface area contributed by atoms with E-state index in [-0.39, 0.29) is 23.8 Å². The molecule has 0 radical (unpaired) electrons. The largest absolute Gasteiger partial charge is 0.339 e. The summed E-state index contributed by atoms with van der Waals surface area (Å²) in [6.07, 6.45) is 2.52. The fourth-order valence-electron chi connectivity index (χ4n) is 5.16. The summed E-state index contributed by atoms with van der Waals surface area (Å²) in [5.74, 6) is -0.242. The van der Waals surface area contributed by atoms with Gasteiger partial charge in [0.05, 0.1) is 0 Å². The minimum absolute atomic E-state index is 0.0459. The highest BCUT2D eigenvalue weighted by atomic mass is 35.5. The number of hydrogen-bond acceptors (Lipinski definition) is 4. The molecule has 2 aliphatic heterocycles. The van der Waals surface area contributed by atoms with Crippen LogP contribution in [0, 0.1) is 5.92 Å². The maximum absolute atomic E-state index is 13.8. The highest BCUT2D eigenvalue weighted by molar-refractivity contribution is 6.30. The molecule has 0 aliphatic carbocycles. The van der Waals surface area contributed by atoms with Crippen molar-refractivity contribution >= 4 is 29.4 Å². The van der Waals surface area contributed by atoms with E-state index in [0.717, 1.165) is 5.56 Å². The van der Waals surface area contributed by atoms with Gasteiger partial charge in [-0.3, -0.25) is 14.5 Å². The molecule has 4 amide bonds. The van der Waals surface area contributed by atoms with Crippen molar-refractivity contribution in [3.05, 3.63) is 70.7 Å². The van der Waals surface area contributed by atoms with Crippen molar-refractivity contribution in [1.82, 2.24) is 20.0 Å². The zero-order valence-corrected chi connectivity index (χ0v) is 21.1. The van der Waals surface area contributed by atoms with E-state index in [0.29, 0.717) is 62.4 Å². The van der Waals surface area contributed by atoms with Crippen LogP contribution in [0.2, 0.25) is 5.02 Å². The molecule has 35 heavy (non-hydrogen) atoms. The lowest BCUT2D eigenvalue weighted by molar-refractivity contribution is -0.134. The van der Waals surface area contributed by atoms with Crippen LogP contribution in [0.25, 0.3) is 0 Å². The lowest BCUT2D eigenvalue weighted by atomic mass is 9.74. The first-order valence-electron chi connectivity index (χ1n) is 12.2. The number of carbonyl (C=O) groups excluding carboxylic acids is 3. The number of carbonyl (C=O) groups is 3. The van der Waals surface area contributed by atoms with E-state index in [9.17, 15) is 14.4 Å². The highest BCUT2D eigenvalue weighted by Crippen LogP contribution is 2.37. The number of amides is 4. The zero-order chi connectivity index (χ0) is 25.0. The van der Waals surface area contributed by atoms with Gasteiger partial charge in [-0.15, -0.1) is 0 Å². The third-order valence-corrected chi connectivity index (χ3v) is 7.41. The summed E-state index contributed by atoms with van der Waals surface area (Å²) in [6.45, 7) is 2.03. The Morgan fingerprint density at radius 1 is 1.09 bits per heavy atom. The molecule has 186 valence electrons. The number of piperidine rings is 1. The molecule has 0 saturated carbocycles. The molecule has 8 heteroatoms. The number of aryl methyl sites for hydroxylation is 1. The molecule has 2 heterocycles. The topological polar surface area (TPSA) is 73.0 Å². The fraction of sp³-hybridized carbons (Fsp3) is 0.444. The Kier molecular flexibility index (Phi) is 7.77. The second-order valence-electron chi connectivity index (χ2n) is 9.72. The molecule has 2 aromatic carbocycles. The van der Waals surface area contributed by atoms with E-state index in [4.69, 9.17) is 11.6 Å². The molecule has 2 fully saturated rings. The van der Waals surface area contributed by atoms with Gasteiger partial charge < -0.3 is 15.1 Å². The molecule has 2 aromatic rings. The van der Waals surface area contributed by atoms with Crippen LogP contribution in [-0.2, 0) is 11.2 Å². The Bertz CT molecular complexity index is 1070. The van der Waals surface area contributed by atoms with Crippen LogP contribution in [0.5, 0.6) is 0 Å². The number of rotatable bonds is 8. The maximum Gasteiger partial charge on any atom is 0.325 e. The molecule has 7 nitrogen and oxygen atoms in total. The van der Waals surface area contributed by atoms with Gasteiger partial charge in [0.2, 0.25) is 0 Å². The van der Waals surface area contributed by atoms with Crippen LogP contribution in [0.4, 0.5) is 4.79 Å². The van der Waals surface area contributed by atoms with Crippen molar-refractivity contribution in [3.63, 3.8) is 0 Å². The summed E-state index contributed by atoms with van der Waals surface area (Å²) in [6, 6.07) is 16.7. The van der Waals surface area contributed by atoms with Gasteiger partial charge in [0.25, 0.3) is 11.8 Å². The fourth-order valence-corrected chi connectivity index (χ4v) is 5.35. The van der Waals surface area contributed by atoms with Crippen molar-refractivity contribution in [2.45, 2.75) is 31.2 Å². The second kappa shape index (κ2) is 10.8. The predicted molar refractivity (Wildman–Crippen MR) is 136 cm³/mol. The smallest absolute Gasteiger partial charge is 0.325 e. The zero-order valence-electron chi connectivity index (χ0n) is 20.4. The average Bonchev–Trinajstić information content (AvgIpc) is 3.11. The number of benzene rings is 2. The molecule has 0 aromatic heterocycles. The minimum Gasteiger partial charge on any atom is -0.339 e. The maximum atomic E-state index is 13.8. The molecule has 2 aliphatic rings. The normalized spacial score (nSPS) is 21.0. The Morgan fingerprint density at radius 3 is 2.46 bits per heavy atom. The molecule has 0 spiro atoms. The summed E-state index contributed by atoms with van der Waals surface area (Å²) in [4.78, 5) is 44.9. The Labute approximate surface area is 212 Å². The van der Waals surface area contributed by atoms with E-state index in [1.807, 2.05) is 54.2 Å². The predicted octanol–water partition coefficient (Wildman–Crippen LogP) is 3.68. The van der Waals surface area contributed by atoms with E-state index >= 15 is 0 Å². The van der Waals surface area contributed by atoms with Gasteiger partial charge in [0, 0.05) is 36.8 Å². The molecular weight excluding hydrogens is 464 g/mol. The van der Waals surface area contributed by atoms with E-state index in [2.05, 4.69) is 5.32 Å². The van der Waals surface area contributed by atoms with Crippen molar-refractivity contribution < 1.29 is 14.4 Å². The lowest BCUT2D eigenvalue weighted by Gasteiger charge is -2.41. The van der Waals surface area contributed by atoms with Gasteiger partial charge in [-0.25, -0.2) is 4.79 Å². The van der Waals surface area contributed by atoms with Gasteiger partial charge in [-0.2, -0.15) is 0 Å². The van der Waals surface area contributed by atoms with Crippen LogP contribution >= 0.6 is 11.6 Å². The molecule has 0 bridgehead atoms. The monoisotopic (exact) mass is 496 g/mol. The van der Waals surface area contributed by atoms with Crippen LogP contribution in [0.15, 0.2) is 54.6 Å². The van der Waals surface area contributed by atoms with Crippen molar-refractivity contribution in [2.75, 3.05) is 40.3 Å². The first kappa shape index (κ1) is 25.2. The van der Waals surface area contributed by atoms with Gasteiger partial charge in [0.1, 0.15) is 5.54 Å². The Balaban J connectivity index is 1.51. The molecule has 1 N–H and O–H groups in total. The summed E-state index contributed by atoms with van der Waals surface area (Å²) in [5, 5.41) is 3.64. The van der Waals surface area contributed by atoms with Gasteiger partial charge >= 0.3 is 6.03 Å². The van der Waals surface area contributed by atoms with Gasteiger partial charge in [0.15, 0.2) is 0 Å². The Hall–Kier alpha value is -2.90. The second-order valence-corrected chi connectivity index (χ2v) is 10.2. The average molecular weight is 497 g/mol. The minimum atomic E-state index is -0.954. The van der Waals surface area contributed by atoms with E-state index in [1.54, 1.807) is 24.3 Å². The summed E-state index contributed by atoms with van der Waals surface area (Å²) >= 11 is 6.07. The number of likely N-dealkylation sites (N-methyl/N-ethyl adjacent to an activating group) is 1. The number of likely N-dealkylation sites (tertiary alicyclic amines) is 1. The summed E-state index contributed by atoms with van der Waals surface area (Å²) in [5.41, 5.74) is 0.744.